The van der Waals surface area contributed by atoms with Crippen LogP contribution in [0, 0.1) is 29.1 Å². The molecule has 2 atom stereocenters. The highest BCUT2D eigenvalue weighted by Crippen LogP contribution is 2.42. The molecule has 0 aromatic heterocycles. The van der Waals surface area contributed by atoms with Crippen LogP contribution in [0.25, 0.3) is 0 Å². The first-order chi connectivity index (χ1) is 11.8. The maximum atomic E-state index is 14.2. The quantitative estimate of drug-likeness (QED) is 0.183. The van der Waals surface area contributed by atoms with Crippen LogP contribution in [0.3, 0.4) is 0 Å². The van der Waals surface area contributed by atoms with Gasteiger partial charge in [-0.2, -0.15) is 0 Å². The van der Waals surface area contributed by atoms with Crippen LogP contribution in [0.2, 0.25) is 0 Å². The van der Waals surface area contributed by atoms with Gasteiger partial charge in [-0.3, -0.25) is 9.79 Å². The zero-order chi connectivity index (χ0) is 20.4. The summed E-state index contributed by atoms with van der Waals surface area (Å²) in [5, 5.41) is 9.26. The Bertz CT molecular complexity index is 726. The van der Waals surface area contributed by atoms with Gasteiger partial charge in [-0.05, 0) is 6.42 Å². The third-order valence-corrected chi connectivity index (χ3v) is 4.24. The molecule has 1 aromatic rings. The second kappa shape index (κ2) is 7.40. The van der Waals surface area contributed by atoms with Gasteiger partial charge in [0, 0.05) is 17.5 Å². The predicted molar refractivity (Wildman–Crippen MR) is 79.4 cm³/mol. The van der Waals surface area contributed by atoms with E-state index in [0.29, 0.717) is 0 Å². The van der Waals surface area contributed by atoms with Crippen molar-refractivity contribution in [1.29, 1.82) is 0 Å². The number of nitrogens with two attached hydrogens (primary N) is 3. The standard InChI is InChI=1S/C14H16F6N4O2/c1-13(2-3-24-12(21)22,14(23,4-15)11(25)26)5-6(16)8(18)10(20)9(19)7(5)17/h2-4,23H2,1H3,(H,25,26)(H4,21,22,24). The van der Waals surface area contributed by atoms with E-state index < -0.39 is 77.2 Å². The molecule has 0 saturated carbocycles. The molecular formula is C14H16F6N4O2. The van der Waals surface area contributed by atoms with E-state index in [9.17, 15) is 36.2 Å². The molecule has 1 rings (SSSR count). The van der Waals surface area contributed by atoms with E-state index in [-0.39, 0.29) is 0 Å². The first kappa shape index (κ1) is 21.5. The number of nitrogens with zero attached hydrogens (tertiary/aromatic N) is 1. The SMILES string of the molecule is CC(CCN=C(N)N)(c1c(F)c(F)c(F)c(F)c1F)C(N)(CF)C(=O)O. The maximum absolute atomic E-state index is 14.2. The van der Waals surface area contributed by atoms with Crippen molar-refractivity contribution in [3.05, 3.63) is 34.6 Å². The molecule has 0 aliphatic carbocycles. The lowest BCUT2D eigenvalue weighted by molar-refractivity contribution is -0.147. The van der Waals surface area contributed by atoms with E-state index in [1.165, 1.54) is 0 Å². The number of guanidine groups is 1. The zero-order valence-corrected chi connectivity index (χ0v) is 13.4. The van der Waals surface area contributed by atoms with Crippen molar-refractivity contribution >= 4 is 11.9 Å². The van der Waals surface area contributed by atoms with Crippen LogP contribution >= 0.6 is 0 Å². The molecule has 7 N–H and O–H groups in total. The summed E-state index contributed by atoms with van der Waals surface area (Å²) < 4.78 is 82.4. The van der Waals surface area contributed by atoms with Crippen LogP contribution in [-0.2, 0) is 10.2 Å². The predicted octanol–water partition coefficient (Wildman–Crippen LogP) is 1.05. The third-order valence-electron chi connectivity index (χ3n) is 4.24. The van der Waals surface area contributed by atoms with Gasteiger partial charge in [0.05, 0.1) is 0 Å². The number of alkyl halides is 1. The lowest BCUT2D eigenvalue weighted by atomic mass is 9.64. The summed E-state index contributed by atoms with van der Waals surface area (Å²) in [5.41, 5.74) is 8.44. The molecule has 0 saturated heterocycles. The number of benzene rings is 1. The van der Waals surface area contributed by atoms with Crippen molar-refractivity contribution in [3.63, 3.8) is 0 Å². The van der Waals surface area contributed by atoms with Gasteiger partial charge in [0.15, 0.2) is 34.8 Å². The number of carbonyl (C=O) groups is 1. The van der Waals surface area contributed by atoms with Gasteiger partial charge >= 0.3 is 5.97 Å². The first-order valence-corrected chi connectivity index (χ1v) is 7.00. The van der Waals surface area contributed by atoms with Gasteiger partial charge in [-0.1, -0.05) is 6.92 Å². The molecule has 12 heteroatoms. The number of rotatable bonds is 7. The number of carboxylic acid groups (broad SMARTS) is 1. The van der Waals surface area contributed by atoms with Gasteiger partial charge < -0.3 is 22.3 Å². The van der Waals surface area contributed by atoms with Crippen LogP contribution in [0.4, 0.5) is 26.3 Å². The fraction of sp³-hybridized carbons (Fsp3) is 0.429. The smallest absolute Gasteiger partial charge is 0.327 e. The largest absolute Gasteiger partial charge is 0.480 e. The van der Waals surface area contributed by atoms with Gasteiger partial charge in [-0.25, -0.2) is 26.3 Å². The summed E-state index contributed by atoms with van der Waals surface area (Å²) in [6.45, 7) is -1.65. The normalized spacial score (nSPS) is 15.8. The van der Waals surface area contributed by atoms with Crippen LogP contribution in [-0.4, -0.2) is 35.8 Å². The molecule has 26 heavy (non-hydrogen) atoms. The minimum absolute atomic E-state index is 0.497. The van der Waals surface area contributed by atoms with Crippen LogP contribution in [0.15, 0.2) is 4.99 Å². The van der Waals surface area contributed by atoms with Gasteiger partial charge in [0.1, 0.15) is 6.67 Å². The highest BCUT2D eigenvalue weighted by atomic mass is 19.2. The summed E-state index contributed by atoms with van der Waals surface area (Å²) in [7, 11) is 0. The average molecular weight is 386 g/mol. The fourth-order valence-corrected chi connectivity index (χ4v) is 2.51. The van der Waals surface area contributed by atoms with Crippen molar-refractivity contribution in [1.82, 2.24) is 0 Å². The van der Waals surface area contributed by atoms with Crippen molar-refractivity contribution in [2.24, 2.45) is 22.2 Å². The number of halogens is 6. The molecular weight excluding hydrogens is 370 g/mol. The molecule has 0 amide bonds. The number of carboxylic acids is 1. The Labute approximate surface area is 143 Å². The van der Waals surface area contributed by atoms with E-state index in [1.807, 2.05) is 0 Å². The third kappa shape index (κ3) is 3.28. The van der Waals surface area contributed by atoms with Crippen molar-refractivity contribution in [3.8, 4) is 0 Å². The summed E-state index contributed by atoms with van der Waals surface area (Å²) in [6, 6.07) is 0. The summed E-state index contributed by atoms with van der Waals surface area (Å²) in [4.78, 5) is 14.9. The Morgan fingerprint density at radius 1 is 1.04 bits per heavy atom. The number of aliphatic carboxylic acids is 1. The maximum Gasteiger partial charge on any atom is 0.327 e. The van der Waals surface area contributed by atoms with Crippen molar-refractivity contribution < 1.29 is 36.2 Å². The Hall–Kier alpha value is -2.50. The molecule has 0 aliphatic heterocycles. The van der Waals surface area contributed by atoms with Crippen LogP contribution in [0.1, 0.15) is 18.9 Å². The van der Waals surface area contributed by atoms with Crippen molar-refractivity contribution in [2.45, 2.75) is 24.3 Å². The monoisotopic (exact) mass is 386 g/mol. The Balaban J connectivity index is 3.83. The highest BCUT2D eigenvalue weighted by molar-refractivity contribution is 5.81. The molecule has 0 radical (unpaired) electrons. The lowest BCUT2D eigenvalue weighted by Gasteiger charge is -2.42. The molecule has 6 nitrogen and oxygen atoms in total. The molecule has 1 aromatic carbocycles. The number of aliphatic imine (C=N–C) groups is 1. The van der Waals surface area contributed by atoms with Crippen molar-refractivity contribution in [2.75, 3.05) is 13.2 Å². The Kier molecular flexibility index (Phi) is 6.13. The van der Waals surface area contributed by atoms with E-state index in [1.54, 1.807) is 0 Å². The Morgan fingerprint density at radius 2 is 1.46 bits per heavy atom. The molecule has 0 bridgehead atoms. The molecule has 0 fully saturated rings. The van der Waals surface area contributed by atoms with Gasteiger partial charge in [0.2, 0.25) is 5.82 Å². The van der Waals surface area contributed by atoms with Crippen LogP contribution in [0.5, 0.6) is 0 Å². The topological polar surface area (TPSA) is 128 Å². The number of hydrogen-bond donors (Lipinski definition) is 4. The second-order valence-corrected chi connectivity index (χ2v) is 5.74. The fourth-order valence-electron chi connectivity index (χ4n) is 2.51. The summed E-state index contributed by atoms with van der Waals surface area (Å²) in [5.74, 6) is -14.3. The molecule has 0 spiro atoms. The lowest BCUT2D eigenvalue weighted by Crippen LogP contribution is -2.65. The van der Waals surface area contributed by atoms with E-state index in [2.05, 4.69) is 4.99 Å². The molecule has 146 valence electrons. The molecule has 0 heterocycles. The van der Waals surface area contributed by atoms with E-state index >= 15 is 0 Å². The Morgan fingerprint density at radius 3 is 1.81 bits per heavy atom. The van der Waals surface area contributed by atoms with E-state index in [4.69, 9.17) is 17.2 Å². The zero-order valence-electron chi connectivity index (χ0n) is 13.4. The minimum atomic E-state index is -3.04. The first-order valence-electron chi connectivity index (χ1n) is 7.00. The second-order valence-electron chi connectivity index (χ2n) is 5.74. The average Bonchev–Trinajstić information content (AvgIpc) is 2.56. The molecule has 0 aliphatic rings. The molecule has 2 unspecified atom stereocenters. The van der Waals surface area contributed by atoms with Crippen LogP contribution < -0.4 is 17.2 Å². The minimum Gasteiger partial charge on any atom is -0.480 e. The van der Waals surface area contributed by atoms with Gasteiger partial charge in [0.25, 0.3) is 0 Å². The van der Waals surface area contributed by atoms with Gasteiger partial charge in [-0.15, -0.1) is 0 Å². The number of hydrogen-bond acceptors (Lipinski definition) is 3. The summed E-state index contributed by atoms with van der Waals surface area (Å²) >= 11 is 0. The summed E-state index contributed by atoms with van der Waals surface area (Å²) in [6.07, 6.45) is -0.740. The highest BCUT2D eigenvalue weighted by Gasteiger charge is 2.55. The van der Waals surface area contributed by atoms with E-state index in [0.717, 1.165) is 6.92 Å².